The number of hydrazone groups is 1. The molecule has 4 rings (SSSR count). The molecule has 0 atom stereocenters. The second-order valence-electron chi connectivity index (χ2n) is 6.36. The molecule has 142 valence electrons. The van der Waals surface area contributed by atoms with Gasteiger partial charge in [0.05, 0.1) is 24.6 Å². The number of halogens is 1. The van der Waals surface area contributed by atoms with Crippen LogP contribution < -0.4 is 14.9 Å². The molecule has 28 heavy (non-hydrogen) atoms. The smallest absolute Gasteiger partial charge is 0.119 e. The zero-order valence-corrected chi connectivity index (χ0v) is 16.6. The number of rotatable bonds is 6. The Morgan fingerprint density at radius 3 is 1.93 bits per heavy atom. The van der Waals surface area contributed by atoms with E-state index in [9.17, 15) is 0 Å². The van der Waals surface area contributed by atoms with Crippen molar-refractivity contribution in [2.24, 2.45) is 5.10 Å². The van der Waals surface area contributed by atoms with Gasteiger partial charge in [-0.1, -0.05) is 17.7 Å². The molecule has 1 N–H and O–H groups in total. The Kier molecular flexibility index (Phi) is 5.22. The van der Waals surface area contributed by atoms with Crippen molar-refractivity contribution < 1.29 is 9.47 Å². The Balaban J connectivity index is 1.80. The van der Waals surface area contributed by atoms with Crippen molar-refractivity contribution in [1.82, 2.24) is 0 Å². The Bertz CT molecular complexity index is 989. The summed E-state index contributed by atoms with van der Waals surface area (Å²) in [4.78, 5) is 0. The molecule has 0 amide bonds. The highest BCUT2D eigenvalue weighted by atomic mass is 35.5. The summed E-state index contributed by atoms with van der Waals surface area (Å²) in [5, 5.41) is 5.38. The average Bonchev–Trinajstić information content (AvgIpc) is 2.99. The highest BCUT2D eigenvalue weighted by molar-refractivity contribution is 6.30. The maximum atomic E-state index is 6.09. The third-order valence-corrected chi connectivity index (χ3v) is 4.76. The quantitative estimate of drug-likeness (QED) is 0.410. The van der Waals surface area contributed by atoms with Crippen LogP contribution in [0.3, 0.4) is 0 Å². The van der Waals surface area contributed by atoms with Crippen molar-refractivity contribution in [3.8, 4) is 22.6 Å². The molecule has 0 aromatic heterocycles. The summed E-state index contributed by atoms with van der Waals surface area (Å²) in [6.45, 7) is 5.19. The van der Waals surface area contributed by atoms with Gasteiger partial charge >= 0.3 is 0 Å². The molecule has 1 aliphatic rings. The monoisotopic (exact) mass is 392 g/mol. The van der Waals surface area contributed by atoms with Gasteiger partial charge in [0.2, 0.25) is 0 Å². The third-order valence-electron chi connectivity index (χ3n) is 4.53. The van der Waals surface area contributed by atoms with Gasteiger partial charge in [-0.05, 0) is 79.6 Å². The van der Waals surface area contributed by atoms with Crippen molar-refractivity contribution >= 4 is 23.0 Å². The largest absolute Gasteiger partial charge is 0.494 e. The fourth-order valence-electron chi connectivity index (χ4n) is 3.37. The van der Waals surface area contributed by atoms with Gasteiger partial charge in [0.15, 0.2) is 0 Å². The minimum atomic E-state index is 0.619. The molecule has 4 nitrogen and oxygen atoms in total. The van der Waals surface area contributed by atoms with E-state index in [0.29, 0.717) is 18.2 Å². The molecular weight excluding hydrogens is 372 g/mol. The molecule has 3 aromatic carbocycles. The van der Waals surface area contributed by atoms with Crippen LogP contribution in [-0.2, 0) is 0 Å². The second kappa shape index (κ2) is 7.95. The number of nitrogens with one attached hydrogen (secondary N) is 1. The number of benzene rings is 3. The van der Waals surface area contributed by atoms with Crippen LogP contribution in [0.4, 0.5) is 5.69 Å². The lowest BCUT2D eigenvalue weighted by atomic mass is 10.1. The topological polar surface area (TPSA) is 42.8 Å². The molecule has 0 unspecified atom stereocenters. The number of anilines is 1. The molecule has 0 radical (unpaired) electrons. The third kappa shape index (κ3) is 3.56. The van der Waals surface area contributed by atoms with E-state index in [1.165, 1.54) is 0 Å². The van der Waals surface area contributed by atoms with Gasteiger partial charge in [-0.15, -0.1) is 0 Å². The van der Waals surface area contributed by atoms with Crippen LogP contribution in [0.2, 0.25) is 5.02 Å². The SMILES string of the molecule is CCOc1ccc2c(c1)C(=NNc1cccc(Cl)c1)c1cc(OCC)ccc1-2. The minimum absolute atomic E-state index is 0.619. The van der Waals surface area contributed by atoms with Gasteiger partial charge in [0.25, 0.3) is 0 Å². The van der Waals surface area contributed by atoms with Gasteiger partial charge in [-0.25, -0.2) is 0 Å². The first-order chi connectivity index (χ1) is 13.7. The first kappa shape index (κ1) is 18.4. The summed E-state index contributed by atoms with van der Waals surface area (Å²) in [7, 11) is 0. The number of ether oxygens (including phenoxy) is 2. The fourth-order valence-corrected chi connectivity index (χ4v) is 3.56. The average molecular weight is 393 g/mol. The van der Waals surface area contributed by atoms with Gasteiger partial charge in [0, 0.05) is 16.1 Å². The van der Waals surface area contributed by atoms with E-state index in [2.05, 4.69) is 17.6 Å². The molecular formula is C23H21ClN2O2. The fraction of sp³-hybridized carbons (Fsp3) is 0.174. The highest BCUT2D eigenvalue weighted by Gasteiger charge is 2.26. The molecule has 0 fully saturated rings. The van der Waals surface area contributed by atoms with E-state index >= 15 is 0 Å². The number of nitrogens with zero attached hydrogens (tertiary/aromatic N) is 1. The molecule has 1 aliphatic carbocycles. The van der Waals surface area contributed by atoms with Crippen molar-refractivity contribution in [2.45, 2.75) is 13.8 Å². The molecule has 3 aromatic rings. The number of hydrogen-bond acceptors (Lipinski definition) is 4. The Labute approximate surface area is 169 Å². The van der Waals surface area contributed by atoms with Crippen LogP contribution in [0.25, 0.3) is 11.1 Å². The van der Waals surface area contributed by atoms with Gasteiger partial charge in [-0.3, -0.25) is 5.43 Å². The van der Waals surface area contributed by atoms with E-state index < -0.39 is 0 Å². The molecule has 0 saturated heterocycles. The summed E-state index contributed by atoms with van der Waals surface area (Å²) in [6.07, 6.45) is 0. The van der Waals surface area contributed by atoms with E-state index in [1.807, 2.05) is 62.4 Å². The number of hydrogen-bond donors (Lipinski definition) is 1. The molecule has 0 heterocycles. The van der Waals surface area contributed by atoms with Crippen LogP contribution in [0.1, 0.15) is 25.0 Å². The van der Waals surface area contributed by atoms with Crippen molar-refractivity contribution in [1.29, 1.82) is 0 Å². The predicted octanol–water partition coefficient (Wildman–Crippen LogP) is 5.98. The first-order valence-corrected chi connectivity index (χ1v) is 9.71. The first-order valence-electron chi connectivity index (χ1n) is 9.33. The lowest BCUT2D eigenvalue weighted by molar-refractivity contribution is 0.340. The Morgan fingerprint density at radius 2 is 1.39 bits per heavy atom. The summed E-state index contributed by atoms with van der Waals surface area (Å²) < 4.78 is 11.4. The maximum absolute atomic E-state index is 6.09. The zero-order chi connectivity index (χ0) is 19.5. The van der Waals surface area contributed by atoms with E-state index in [4.69, 9.17) is 26.2 Å². The Hall–Kier alpha value is -2.98. The van der Waals surface area contributed by atoms with Crippen LogP contribution >= 0.6 is 11.6 Å². The molecule has 0 bridgehead atoms. The normalized spacial score (nSPS) is 11.6. The van der Waals surface area contributed by atoms with Crippen LogP contribution in [0.5, 0.6) is 11.5 Å². The summed E-state index contributed by atoms with van der Waals surface area (Å²) in [6, 6.07) is 19.7. The highest BCUT2D eigenvalue weighted by Crippen LogP contribution is 2.40. The van der Waals surface area contributed by atoms with Gasteiger partial charge in [-0.2, -0.15) is 5.10 Å². The molecule has 0 saturated carbocycles. The predicted molar refractivity (Wildman–Crippen MR) is 115 cm³/mol. The van der Waals surface area contributed by atoms with E-state index in [1.54, 1.807) is 0 Å². The zero-order valence-electron chi connectivity index (χ0n) is 15.8. The maximum Gasteiger partial charge on any atom is 0.119 e. The van der Waals surface area contributed by atoms with Crippen molar-refractivity contribution in [2.75, 3.05) is 18.6 Å². The summed E-state index contributed by atoms with van der Waals surface area (Å²) >= 11 is 6.09. The second-order valence-corrected chi connectivity index (χ2v) is 6.80. The van der Waals surface area contributed by atoms with Gasteiger partial charge < -0.3 is 9.47 Å². The lowest BCUT2D eigenvalue weighted by Gasteiger charge is -2.08. The van der Waals surface area contributed by atoms with Crippen molar-refractivity contribution in [3.63, 3.8) is 0 Å². The van der Waals surface area contributed by atoms with Crippen molar-refractivity contribution in [3.05, 3.63) is 76.8 Å². The molecule has 5 heteroatoms. The van der Waals surface area contributed by atoms with Crippen LogP contribution in [-0.4, -0.2) is 18.9 Å². The lowest BCUT2D eigenvalue weighted by Crippen LogP contribution is -2.04. The standard InChI is InChI=1S/C23H21ClN2O2/c1-3-27-17-8-10-19-20-11-9-18(28-4-2)14-22(20)23(21(19)13-17)26-25-16-7-5-6-15(24)12-16/h5-14,25H,3-4H2,1-2H3. The number of fused-ring (bicyclic) bond motifs is 3. The van der Waals surface area contributed by atoms with Gasteiger partial charge in [0.1, 0.15) is 11.5 Å². The van der Waals surface area contributed by atoms with Crippen LogP contribution in [0, 0.1) is 0 Å². The van der Waals surface area contributed by atoms with Crippen LogP contribution in [0.15, 0.2) is 65.8 Å². The minimum Gasteiger partial charge on any atom is -0.494 e. The molecule has 0 spiro atoms. The summed E-state index contributed by atoms with van der Waals surface area (Å²) in [5.74, 6) is 1.66. The summed E-state index contributed by atoms with van der Waals surface area (Å²) in [5.41, 5.74) is 9.15. The Morgan fingerprint density at radius 1 is 0.786 bits per heavy atom. The molecule has 0 aliphatic heterocycles. The van der Waals surface area contributed by atoms with E-state index in [0.717, 1.165) is 45.2 Å². The van der Waals surface area contributed by atoms with E-state index in [-0.39, 0.29) is 0 Å².